The van der Waals surface area contributed by atoms with Crippen LogP contribution in [0.1, 0.15) is 5.56 Å². The number of fused-ring (bicyclic) bond motifs is 1. The Bertz CT molecular complexity index is 546. The second-order valence-electron chi connectivity index (χ2n) is 4.36. The largest absolute Gasteiger partial charge is 0.361 e. The molecule has 3 N–H and O–H groups in total. The highest BCUT2D eigenvalue weighted by Crippen LogP contribution is 2.19. The van der Waals surface area contributed by atoms with Gasteiger partial charge in [-0.15, -0.1) is 0 Å². The number of amides is 1. The third-order valence-corrected chi connectivity index (χ3v) is 3.23. The van der Waals surface area contributed by atoms with Crippen molar-refractivity contribution in [3.05, 3.63) is 36.0 Å². The molecule has 1 unspecified atom stereocenters. The van der Waals surface area contributed by atoms with Gasteiger partial charge < -0.3 is 15.6 Å². The second-order valence-corrected chi connectivity index (χ2v) is 4.36. The number of hydrogen-bond donors (Lipinski definition) is 3. The van der Waals surface area contributed by atoms with Gasteiger partial charge in [0.05, 0.1) is 6.04 Å². The minimum atomic E-state index is -0.108. The summed E-state index contributed by atoms with van der Waals surface area (Å²) in [6.45, 7) is 1.57. The van der Waals surface area contributed by atoms with E-state index >= 15 is 0 Å². The van der Waals surface area contributed by atoms with E-state index in [-0.39, 0.29) is 11.9 Å². The van der Waals surface area contributed by atoms with E-state index in [1.165, 1.54) is 10.9 Å². The molecule has 1 aliphatic heterocycles. The normalized spacial score (nSPS) is 20.5. The summed E-state index contributed by atoms with van der Waals surface area (Å²) in [4.78, 5) is 14.9. The summed E-state index contributed by atoms with van der Waals surface area (Å²) in [5.41, 5.74) is 2.31. The molecule has 1 fully saturated rings. The number of nitrogens with one attached hydrogen (secondary N) is 3. The molecule has 0 spiro atoms. The number of hydrogen-bond acceptors (Lipinski definition) is 2. The molecule has 0 radical (unpaired) electrons. The van der Waals surface area contributed by atoms with E-state index < -0.39 is 0 Å². The third kappa shape index (κ3) is 1.91. The first-order chi connectivity index (χ1) is 8.34. The predicted octanol–water partition coefficient (Wildman–Crippen LogP) is 0.798. The molecule has 0 aliphatic carbocycles. The first-order valence-electron chi connectivity index (χ1n) is 5.91. The topological polar surface area (TPSA) is 56.9 Å². The molecule has 4 nitrogen and oxygen atoms in total. The van der Waals surface area contributed by atoms with Gasteiger partial charge in [0.1, 0.15) is 0 Å². The van der Waals surface area contributed by atoms with Gasteiger partial charge in [0.15, 0.2) is 0 Å². The van der Waals surface area contributed by atoms with Crippen LogP contribution in [0.5, 0.6) is 0 Å². The Balaban J connectivity index is 1.87. The van der Waals surface area contributed by atoms with Crippen LogP contribution in [0.2, 0.25) is 0 Å². The molecule has 2 heterocycles. The first-order valence-corrected chi connectivity index (χ1v) is 5.91. The molecular weight excluding hydrogens is 214 g/mol. The number of aromatic amines is 1. The van der Waals surface area contributed by atoms with Crippen LogP contribution in [-0.2, 0) is 11.2 Å². The average molecular weight is 229 g/mol. The monoisotopic (exact) mass is 229 g/mol. The molecule has 1 aromatic carbocycles. The molecule has 2 aromatic rings. The van der Waals surface area contributed by atoms with Crippen molar-refractivity contribution in [2.24, 2.45) is 0 Å². The van der Waals surface area contributed by atoms with Crippen LogP contribution in [0.25, 0.3) is 10.9 Å². The van der Waals surface area contributed by atoms with E-state index in [0.29, 0.717) is 0 Å². The molecule has 3 rings (SSSR count). The van der Waals surface area contributed by atoms with Gasteiger partial charge in [-0.25, -0.2) is 0 Å². The molecule has 1 aromatic heterocycles. The summed E-state index contributed by atoms with van der Waals surface area (Å²) in [5.74, 6) is 0.0986. The van der Waals surface area contributed by atoms with Crippen molar-refractivity contribution >= 4 is 16.8 Å². The Labute approximate surface area is 99.4 Å². The fourth-order valence-electron chi connectivity index (χ4n) is 2.33. The summed E-state index contributed by atoms with van der Waals surface area (Å²) in [6.07, 6.45) is 2.73. The van der Waals surface area contributed by atoms with Crippen LogP contribution in [0, 0.1) is 0 Å². The summed E-state index contributed by atoms with van der Waals surface area (Å²) in [6, 6.07) is 8.06. The van der Waals surface area contributed by atoms with Crippen molar-refractivity contribution in [1.82, 2.24) is 15.6 Å². The second kappa shape index (κ2) is 4.22. The minimum Gasteiger partial charge on any atom is -0.361 e. The van der Waals surface area contributed by atoms with Crippen LogP contribution in [0.15, 0.2) is 30.5 Å². The van der Waals surface area contributed by atoms with Crippen molar-refractivity contribution in [1.29, 1.82) is 0 Å². The number of aromatic nitrogens is 1. The van der Waals surface area contributed by atoms with Crippen LogP contribution in [-0.4, -0.2) is 30.0 Å². The highest BCUT2D eigenvalue weighted by molar-refractivity contribution is 5.86. The van der Waals surface area contributed by atoms with Crippen LogP contribution in [0.3, 0.4) is 0 Å². The smallest absolute Gasteiger partial charge is 0.237 e. The highest BCUT2D eigenvalue weighted by Gasteiger charge is 2.22. The lowest BCUT2D eigenvalue weighted by Crippen LogP contribution is -2.53. The van der Waals surface area contributed by atoms with Gasteiger partial charge in [0, 0.05) is 30.2 Å². The lowest BCUT2D eigenvalue weighted by atomic mass is 10.0. The number of piperazine rings is 1. The molecule has 1 aliphatic rings. The average Bonchev–Trinajstić information content (AvgIpc) is 2.76. The Morgan fingerprint density at radius 3 is 3.00 bits per heavy atom. The standard InChI is InChI=1S/C13H15N3O/c17-13-12(14-5-6-15-13)7-9-8-16-11-4-2-1-3-10(9)11/h1-4,8,12,14,16H,5-7H2,(H,15,17). The third-order valence-electron chi connectivity index (χ3n) is 3.23. The Morgan fingerprint density at radius 2 is 2.12 bits per heavy atom. The molecule has 0 bridgehead atoms. The van der Waals surface area contributed by atoms with Gasteiger partial charge in [-0.1, -0.05) is 18.2 Å². The molecule has 1 atom stereocenters. The number of carbonyl (C=O) groups is 1. The lowest BCUT2D eigenvalue weighted by Gasteiger charge is -2.23. The lowest BCUT2D eigenvalue weighted by molar-refractivity contribution is -0.124. The maximum Gasteiger partial charge on any atom is 0.237 e. The summed E-state index contributed by atoms with van der Waals surface area (Å²) in [5, 5.41) is 7.33. The van der Waals surface area contributed by atoms with E-state index in [2.05, 4.69) is 21.7 Å². The fraction of sp³-hybridized carbons (Fsp3) is 0.308. The zero-order valence-corrected chi connectivity index (χ0v) is 9.49. The van der Waals surface area contributed by atoms with Gasteiger partial charge in [-0.2, -0.15) is 0 Å². The maximum absolute atomic E-state index is 11.7. The van der Waals surface area contributed by atoms with Crippen molar-refractivity contribution in [2.45, 2.75) is 12.5 Å². The molecule has 4 heteroatoms. The minimum absolute atomic E-state index is 0.0986. The Kier molecular flexibility index (Phi) is 2.57. The molecule has 1 amide bonds. The van der Waals surface area contributed by atoms with Gasteiger partial charge in [0.25, 0.3) is 0 Å². The molecule has 0 saturated carbocycles. The summed E-state index contributed by atoms with van der Waals surface area (Å²) < 4.78 is 0. The van der Waals surface area contributed by atoms with E-state index in [4.69, 9.17) is 0 Å². The van der Waals surface area contributed by atoms with Crippen molar-refractivity contribution < 1.29 is 4.79 Å². The number of rotatable bonds is 2. The van der Waals surface area contributed by atoms with Gasteiger partial charge in [0.2, 0.25) is 5.91 Å². The maximum atomic E-state index is 11.7. The number of H-pyrrole nitrogens is 1. The van der Waals surface area contributed by atoms with Crippen molar-refractivity contribution in [3.63, 3.8) is 0 Å². The van der Waals surface area contributed by atoms with E-state index in [0.717, 1.165) is 25.0 Å². The Hall–Kier alpha value is -1.81. The van der Waals surface area contributed by atoms with E-state index in [1.807, 2.05) is 24.4 Å². The van der Waals surface area contributed by atoms with Gasteiger partial charge in [-0.05, 0) is 18.1 Å². The van der Waals surface area contributed by atoms with Gasteiger partial charge in [-0.3, -0.25) is 4.79 Å². The van der Waals surface area contributed by atoms with Crippen molar-refractivity contribution in [2.75, 3.05) is 13.1 Å². The number of para-hydroxylation sites is 1. The summed E-state index contributed by atoms with van der Waals surface area (Å²) in [7, 11) is 0. The van der Waals surface area contributed by atoms with Crippen LogP contribution < -0.4 is 10.6 Å². The highest BCUT2D eigenvalue weighted by atomic mass is 16.2. The van der Waals surface area contributed by atoms with Crippen LogP contribution >= 0.6 is 0 Å². The molecule has 88 valence electrons. The first kappa shape index (κ1) is 10.4. The zero-order chi connectivity index (χ0) is 11.7. The molecular formula is C13H15N3O. The van der Waals surface area contributed by atoms with E-state index in [9.17, 15) is 4.79 Å². The predicted molar refractivity (Wildman–Crippen MR) is 66.8 cm³/mol. The van der Waals surface area contributed by atoms with E-state index in [1.54, 1.807) is 0 Å². The molecule has 17 heavy (non-hydrogen) atoms. The van der Waals surface area contributed by atoms with Gasteiger partial charge >= 0.3 is 0 Å². The van der Waals surface area contributed by atoms with Crippen molar-refractivity contribution in [3.8, 4) is 0 Å². The number of carbonyl (C=O) groups excluding carboxylic acids is 1. The van der Waals surface area contributed by atoms with Crippen LogP contribution in [0.4, 0.5) is 0 Å². The summed E-state index contributed by atoms with van der Waals surface area (Å²) >= 11 is 0. The molecule has 1 saturated heterocycles. The SMILES string of the molecule is O=C1NCCNC1Cc1c[nH]c2ccccc12. The Morgan fingerprint density at radius 1 is 1.24 bits per heavy atom. The zero-order valence-electron chi connectivity index (χ0n) is 9.49. The quantitative estimate of drug-likeness (QED) is 0.713. The fourth-order valence-corrected chi connectivity index (χ4v) is 2.33. The number of benzene rings is 1.